The van der Waals surface area contributed by atoms with Crippen molar-refractivity contribution in [2.24, 2.45) is 0 Å². The van der Waals surface area contributed by atoms with Gasteiger partial charge in [-0.15, -0.1) is 0 Å². The molecule has 1 aliphatic heterocycles. The van der Waals surface area contributed by atoms with Crippen molar-refractivity contribution in [3.8, 4) is 5.75 Å². The zero-order valence-electron chi connectivity index (χ0n) is 12.6. The molecule has 1 saturated heterocycles. The second-order valence-corrected chi connectivity index (χ2v) is 5.30. The van der Waals surface area contributed by atoms with Crippen molar-refractivity contribution in [1.29, 1.82) is 0 Å². The second kappa shape index (κ2) is 8.95. The number of nitrogens with one attached hydrogen (secondary N) is 1. The van der Waals surface area contributed by atoms with Gasteiger partial charge in [-0.2, -0.15) is 0 Å². The lowest BCUT2D eigenvalue weighted by Crippen LogP contribution is -2.48. The summed E-state index contributed by atoms with van der Waals surface area (Å²) in [6.45, 7) is 8.98. The minimum Gasteiger partial charge on any atom is -0.494 e. The van der Waals surface area contributed by atoms with E-state index in [2.05, 4.69) is 15.1 Å². The number of piperazine rings is 1. The summed E-state index contributed by atoms with van der Waals surface area (Å²) in [6.07, 6.45) is 1.10. The van der Waals surface area contributed by atoms with Crippen LogP contribution in [0.15, 0.2) is 30.3 Å². The van der Waals surface area contributed by atoms with Crippen LogP contribution in [0.3, 0.4) is 0 Å². The number of rotatable bonds is 8. The number of hydrogen-bond donors (Lipinski definition) is 1. The molecule has 0 spiro atoms. The molecule has 1 aliphatic rings. The maximum atomic E-state index is 5.73. The van der Waals surface area contributed by atoms with Crippen molar-refractivity contribution >= 4 is 0 Å². The normalized spacial score (nSPS) is 17.2. The van der Waals surface area contributed by atoms with Crippen LogP contribution in [-0.2, 0) is 0 Å². The SMILES string of the molecule is CNCCN1CCN(CCCOc2ccccc2)CC1. The van der Waals surface area contributed by atoms with Gasteiger partial charge in [0.25, 0.3) is 0 Å². The highest BCUT2D eigenvalue weighted by molar-refractivity contribution is 5.20. The molecule has 0 atom stereocenters. The summed E-state index contributed by atoms with van der Waals surface area (Å²) in [7, 11) is 2.02. The van der Waals surface area contributed by atoms with Crippen LogP contribution in [0.5, 0.6) is 5.75 Å². The maximum Gasteiger partial charge on any atom is 0.119 e. The molecule has 0 radical (unpaired) electrons. The largest absolute Gasteiger partial charge is 0.494 e. The molecule has 1 aromatic rings. The average molecular weight is 277 g/mol. The van der Waals surface area contributed by atoms with Gasteiger partial charge in [-0.3, -0.25) is 4.90 Å². The minimum atomic E-state index is 0.810. The summed E-state index contributed by atoms with van der Waals surface area (Å²) in [5, 5.41) is 3.21. The van der Waals surface area contributed by atoms with E-state index < -0.39 is 0 Å². The third-order valence-electron chi connectivity index (χ3n) is 3.77. The summed E-state index contributed by atoms with van der Waals surface area (Å²) in [6, 6.07) is 10.1. The van der Waals surface area contributed by atoms with Gasteiger partial charge in [0.05, 0.1) is 6.61 Å². The third-order valence-corrected chi connectivity index (χ3v) is 3.77. The Balaban J connectivity index is 1.53. The van der Waals surface area contributed by atoms with Gasteiger partial charge in [0.2, 0.25) is 0 Å². The molecular weight excluding hydrogens is 250 g/mol. The fraction of sp³-hybridized carbons (Fsp3) is 0.625. The summed E-state index contributed by atoms with van der Waals surface area (Å²) >= 11 is 0. The lowest BCUT2D eigenvalue weighted by molar-refractivity contribution is 0.127. The van der Waals surface area contributed by atoms with Crippen LogP contribution >= 0.6 is 0 Å². The van der Waals surface area contributed by atoms with Crippen LogP contribution in [0.2, 0.25) is 0 Å². The van der Waals surface area contributed by atoms with E-state index in [0.29, 0.717) is 0 Å². The number of likely N-dealkylation sites (N-methyl/N-ethyl adjacent to an activating group) is 1. The first-order chi connectivity index (χ1) is 9.88. The van der Waals surface area contributed by atoms with E-state index in [4.69, 9.17) is 4.74 Å². The first-order valence-corrected chi connectivity index (χ1v) is 7.65. The standard InChI is InChI=1S/C16H27N3O/c1-17-8-10-19-13-11-18(12-14-19)9-5-15-20-16-6-3-2-4-7-16/h2-4,6-7,17H,5,8-15H2,1H3. The zero-order chi connectivity index (χ0) is 14.0. The molecule has 2 rings (SSSR count). The smallest absolute Gasteiger partial charge is 0.119 e. The summed E-state index contributed by atoms with van der Waals surface area (Å²) in [4.78, 5) is 5.08. The third kappa shape index (κ3) is 5.49. The molecule has 1 N–H and O–H groups in total. The summed E-state index contributed by atoms with van der Waals surface area (Å²) < 4.78 is 5.73. The molecule has 0 amide bonds. The molecule has 0 unspecified atom stereocenters. The first-order valence-electron chi connectivity index (χ1n) is 7.65. The van der Waals surface area contributed by atoms with E-state index in [0.717, 1.165) is 31.9 Å². The van der Waals surface area contributed by atoms with E-state index in [1.165, 1.54) is 32.7 Å². The predicted molar refractivity (Wildman–Crippen MR) is 83.4 cm³/mol. The highest BCUT2D eigenvalue weighted by Gasteiger charge is 2.15. The summed E-state index contributed by atoms with van der Waals surface area (Å²) in [5.41, 5.74) is 0. The van der Waals surface area contributed by atoms with Gasteiger partial charge >= 0.3 is 0 Å². The molecule has 1 heterocycles. The van der Waals surface area contributed by atoms with Crippen molar-refractivity contribution in [1.82, 2.24) is 15.1 Å². The highest BCUT2D eigenvalue weighted by Crippen LogP contribution is 2.09. The molecule has 0 aliphatic carbocycles. The van der Waals surface area contributed by atoms with Crippen molar-refractivity contribution in [3.63, 3.8) is 0 Å². The van der Waals surface area contributed by atoms with E-state index in [1.807, 2.05) is 37.4 Å². The van der Waals surface area contributed by atoms with Crippen LogP contribution in [0, 0.1) is 0 Å². The first kappa shape index (κ1) is 15.3. The zero-order valence-corrected chi connectivity index (χ0v) is 12.6. The lowest BCUT2D eigenvalue weighted by atomic mass is 10.3. The van der Waals surface area contributed by atoms with Gasteiger partial charge in [0.15, 0.2) is 0 Å². The molecule has 0 aromatic heterocycles. The minimum absolute atomic E-state index is 0.810. The van der Waals surface area contributed by atoms with Gasteiger partial charge in [0.1, 0.15) is 5.75 Å². The van der Waals surface area contributed by atoms with Crippen molar-refractivity contribution in [3.05, 3.63) is 30.3 Å². The van der Waals surface area contributed by atoms with Gasteiger partial charge < -0.3 is 15.0 Å². The number of nitrogens with zero attached hydrogens (tertiary/aromatic N) is 2. The van der Waals surface area contributed by atoms with Crippen LogP contribution in [-0.4, -0.2) is 69.3 Å². The van der Waals surface area contributed by atoms with E-state index >= 15 is 0 Å². The van der Waals surface area contributed by atoms with Crippen LogP contribution in [0.4, 0.5) is 0 Å². The fourth-order valence-corrected chi connectivity index (χ4v) is 2.50. The summed E-state index contributed by atoms with van der Waals surface area (Å²) in [5.74, 6) is 0.976. The van der Waals surface area contributed by atoms with Crippen molar-refractivity contribution in [2.75, 3.05) is 59.5 Å². The fourth-order valence-electron chi connectivity index (χ4n) is 2.50. The van der Waals surface area contributed by atoms with Crippen LogP contribution < -0.4 is 10.1 Å². The molecule has 1 fully saturated rings. The average Bonchev–Trinajstić information content (AvgIpc) is 2.52. The monoisotopic (exact) mass is 277 g/mol. The Morgan fingerprint density at radius 3 is 2.30 bits per heavy atom. The maximum absolute atomic E-state index is 5.73. The number of ether oxygens (including phenoxy) is 1. The molecule has 20 heavy (non-hydrogen) atoms. The Labute approximate surface area is 122 Å². The molecule has 0 saturated carbocycles. The van der Waals surface area contributed by atoms with E-state index in [9.17, 15) is 0 Å². The van der Waals surface area contributed by atoms with Crippen LogP contribution in [0.25, 0.3) is 0 Å². The Morgan fingerprint density at radius 2 is 1.65 bits per heavy atom. The number of para-hydroxylation sites is 1. The molecule has 4 heteroatoms. The molecule has 0 bridgehead atoms. The molecule has 1 aromatic carbocycles. The van der Waals surface area contributed by atoms with E-state index in [1.54, 1.807) is 0 Å². The number of benzene rings is 1. The van der Waals surface area contributed by atoms with Crippen molar-refractivity contribution < 1.29 is 4.74 Å². The Kier molecular flexibility index (Phi) is 6.84. The van der Waals surface area contributed by atoms with E-state index in [-0.39, 0.29) is 0 Å². The second-order valence-electron chi connectivity index (χ2n) is 5.30. The van der Waals surface area contributed by atoms with Crippen molar-refractivity contribution in [2.45, 2.75) is 6.42 Å². The number of hydrogen-bond acceptors (Lipinski definition) is 4. The van der Waals surface area contributed by atoms with Crippen LogP contribution in [0.1, 0.15) is 6.42 Å². The quantitative estimate of drug-likeness (QED) is 0.725. The molecule has 112 valence electrons. The van der Waals surface area contributed by atoms with Gasteiger partial charge in [0, 0.05) is 45.8 Å². The topological polar surface area (TPSA) is 27.7 Å². The Bertz CT molecular complexity index is 350. The predicted octanol–water partition coefficient (Wildman–Crippen LogP) is 1.29. The Hall–Kier alpha value is -1.10. The molecule has 4 nitrogen and oxygen atoms in total. The van der Waals surface area contributed by atoms with Gasteiger partial charge in [-0.1, -0.05) is 18.2 Å². The Morgan fingerprint density at radius 1 is 1.00 bits per heavy atom. The highest BCUT2D eigenvalue weighted by atomic mass is 16.5. The molecular formula is C16H27N3O. The van der Waals surface area contributed by atoms with Gasteiger partial charge in [-0.05, 0) is 25.6 Å². The van der Waals surface area contributed by atoms with Gasteiger partial charge in [-0.25, -0.2) is 0 Å². The lowest BCUT2D eigenvalue weighted by Gasteiger charge is -2.34.